The van der Waals surface area contributed by atoms with Crippen LogP contribution >= 0.6 is 46.8 Å². The molecule has 1 aliphatic heterocycles. The molecule has 0 fully saturated rings. The number of benzene rings is 2. The van der Waals surface area contributed by atoms with Gasteiger partial charge in [-0.25, -0.2) is 4.99 Å². The van der Waals surface area contributed by atoms with E-state index in [0.29, 0.717) is 32.4 Å². The number of hydrogen-bond acceptors (Lipinski definition) is 5. The number of halogens is 3. The monoisotopic (exact) mass is 359 g/mol. The van der Waals surface area contributed by atoms with Crippen LogP contribution in [0.25, 0.3) is 0 Å². The third-order valence-electron chi connectivity index (χ3n) is 2.69. The van der Waals surface area contributed by atoms with Gasteiger partial charge in [0.15, 0.2) is 0 Å². The van der Waals surface area contributed by atoms with Crippen molar-refractivity contribution >= 4 is 64.1 Å². The summed E-state index contributed by atoms with van der Waals surface area (Å²) in [6, 6.07) is 8.27. The number of hydrogen-bond donors (Lipinski definition) is 3. The third-order valence-corrected chi connectivity index (χ3v) is 4.28. The van der Waals surface area contributed by atoms with Crippen LogP contribution in [0.1, 0.15) is 0 Å². The van der Waals surface area contributed by atoms with Crippen molar-refractivity contribution < 1.29 is 5.11 Å². The molecule has 0 atom stereocenters. The minimum absolute atomic E-state index is 0.0213. The van der Waals surface area contributed by atoms with Gasteiger partial charge in [-0.1, -0.05) is 34.8 Å². The lowest BCUT2D eigenvalue weighted by atomic mass is 10.3. The lowest BCUT2D eigenvalue weighted by Gasteiger charge is -2.19. The Bertz CT molecular complexity index is 752. The van der Waals surface area contributed by atoms with Crippen molar-refractivity contribution in [1.82, 2.24) is 4.72 Å². The van der Waals surface area contributed by atoms with Crippen molar-refractivity contribution in [3.8, 4) is 5.75 Å². The van der Waals surface area contributed by atoms with Gasteiger partial charge in [0, 0.05) is 16.1 Å². The maximum absolute atomic E-state index is 9.91. The molecule has 0 aromatic heterocycles. The predicted molar refractivity (Wildman–Crippen MR) is 89.3 cm³/mol. The smallest absolute Gasteiger partial charge is 0.211 e. The van der Waals surface area contributed by atoms with Gasteiger partial charge in [0.25, 0.3) is 0 Å². The highest BCUT2D eigenvalue weighted by molar-refractivity contribution is 7.98. The summed E-state index contributed by atoms with van der Waals surface area (Å²) in [5.74, 6) is 0.474. The highest BCUT2D eigenvalue weighted by Gasteiger charge is 2.17. The van der Waals surface area contributed by atoms with Crippen LogP contribution in [0, 0.1) is 0 Å². The zero-order valence-electron chi connectivity index (χ0n) is 10.3. The summed E-state index contributed by atoms with van der Waals surface area (Å²) >= 11 is 19.1. The average molecular weight is 361 g/mol. The first-order valence-electron chi connectivity index (χ1n) is 5.79. The van der Waals surface area contributed by atoms with Crippen molar-refractivity contribution in [3.63, 3.8) is 0 Å². The molecule has 108 valence electrons. The second kappa shape index (κ2) is 5.85. The van der Waals surface area contributed by atoms with Gasteiger partial charge in [-0.2, -0.15) is 0 Å². The van der Waals surface area contributed by atoms with Crippen LogP contribution in [-0.4, -0.2) is 11.1 Å². The van der Waals surface area contributed by atoms with Crippen LogP contribution in [0.3, 0.4) is 0 Å². The third kappa shape index (κ3) is 3.16. The summed E-state index contributed by atoms with van der Waals surface area (Å²) in [5, 5.41) is 14.4. The highest BCUT2D eigenvalue weighted by atomic mass is 35.5. The Morgan fingerprint density at radius 2 is 1.90 bits per heavy atom. The van der Waals surface area contributed by atoms with Gasteiger partial charge in [0.05, 0.1) is 15.6 Å². The standard InChI is InChI=1S/C13H8Cl3N3OS/c14-6-1-2-9(8(16)3-6)17-13-18-12-10(20)4-7(15)5-11(12)21-19-13/h1-5,20H,(H2,17,18,19). The summed E-state index contributed by atoms with van der Waals surface area (Å²) in [5.41, 5.74) is 1.11. The number of phenolic OH excluding ortho intramolecular Hbond substituents is 1. The van der Waals surface area contributed by atoms with E-state index in [1.165, 1.54) is 18.0 Å². The Labute approximate surface area is 140 Å². The van der Waals surface area contributed by atoms with Gasteiger partial charge < -0.3 is 10.4 Å². The molecular weight excluding hydrogens is 353 g/mol. The van der Waals surface area contributed by atoms with Crippen LogP contribution in [0.5, 0.6) is 5.75 Å². The fourth-order valence-electron chi connectivity index (χ4n) is 1.76. The topological polar surface area (TPSA) is 56.7 Å². The lowest BCUT2D eigenvalue weighted by molar-refractivity contribution is 0.475. The second-order valence-electron chi connectivity index (χ2n) is 4.19. The summed E-state index contributed by atoms with van der Waals surface area (Å²) in [6.45, 7) is 0. The molecule has 0 radical (unpaired) electrons. The van der Waals surface area contributed by atoms with Crippen LogP contribution in [0.4, 0.5) is 11.4 Å². The highest BCUT2D eigenvalue weighted by Crippen LogP contribution is 2.41. The Hall–Kier alpha value is -1.27. The maximum atomic E-state index is 9.91. The van der Waals surface area contributed by atoms with E-state index < -0.39 is 0 Å². The Morgan fingerprint density at radius 1 is 1.10 bits per heavy atom. The fraction of sp³-hybridized carbons (Fsp3) is 0. The molecule has 3 rings (SSSR count). The van der Waals surface area contributed by atoms with E-state index in [4.69, 9.17) is 34.8 Å². The van der Waals surface area contributed by atoms with Gasteiger partial charge in [-0.05, 0) is 36.2 Å². The number of nitrogens with zero attached hydrogens (tertiary/aromatic N) is 1. The molecule has 0 unspecified atom stereocenters. The van der Waals surface area contributed by atoms with Gasteiger partial charge >= 0.3 is 0 Å². The first-order valence-corrected chi connectivity index (χ1v) is 7.74. The molecule has 8 heteroatoms. The Balaban J connectivity index is 1.92. The SMILES string of the molecule is Oc1cc(Cl)cc2c1N=C(Nc1ccc(Cl)cc1Cl)NS2. The van der Waals surface area contributed by atoms with E-state index in [1.54, 1.807) is 24.3 Å². The summed E-state index contributed by atoms with van der Waals surface area (Å²) in [7, 11) is 0. The molecule has 0 amide bonds. The molecule has 0 saturated carbocycles. The molecule has 3 N–H and O–H groups in total. The number of fused-ring (bicyclic) bond motifs is 1. The van der Waals surface area contributed by atoms with Gasteiger partial charge in [0.2, 0.25) is 5.96 Å². The first kappa shape index (κ1) is 14.7. The number of nitrogens with one attached hydrogen (secondary N) is 2. The molecule has 4 nitrogen and oxygen atoms in total. The molecule has 1 heterocycles. The quantitative estimate of drug-likeness (QED) is 0.622. The first-order chi connectivity index (χ1) is 10.0. The van der Waals surface area contributed by atoms with E-state index >= 15 is 0 Å². The average Bonchev–Trinajstić information content (AvgIpc) is 2.42. The minimum Gasteiger partial charge on any atom is -0.506 e. The molecule has 2 aromatic carbocycles. The minimum atomic E-state index is 0.0213. The van der Waals surface area contributed by atoms with Crippen LogP contribution in [0.2, 0.25) is 15.1 Å². The van der Waals surface area contributed by atoms with Gasteiger partial charge in [0.1, 0.15) is 11.4 Å². The van der Waals surface area contributed by atoms with E-state index in [-0.39, 0.29) is 5.75 Å². The number of anilines is 1. The maximum Gasteiger partial charge on any atom is 0.211 e. The molecule has 2 aromatic rings. The zero-order valence-corrected chi connectivity index (χ0v) is 13.4. The van der Waals surface area contributed by atoms with E-state index in [1.807, 2.05) is 0 Å². The van der Waals surface area contributed by atoms with Crippen LogP contribution in [-0.2, 0) is 0 Å². The number of aliphatic imine (C=N–C) groups is 1. The van der Waals surface area contributed by atoms with E-state index in [9.17, 15) is 5.11 Å². The van der Waals surface area contributed by atoms with E-state index in [0.717, 1.165) is 4.90 Å². The molecule has 1 aliphatic rings. The summed E-state index contributed by atoms with van der Waals surface area (Å²) in [6.07, 6.45) is 0. The molecule has 0 spiro atoms. The number of rotatable bonds is 1. The predicted octanol–water partition coefficient (Wildman–Crippen LogP) is 5.06. The lowest BCUT2D eigenvalue weighted by Crippen LogP contribution is -2.27. The summed E-state index contributed by atoms with van der Waals surface area (Å²) in [4.78, 5) is 5.06. The number of aromatic hydroxyl groups is 1. The van der Waals surface area contributed by atoms with Crippen molar-refractivity contribution in [2.75, 3.05) is 5.32 Å². The largest absolute Gasteiger partial charge is 0.506 e. The molecule has 21 heavy (non-hydrogen) atoms. The number of guanidine groups is 1. The second-order valence-corrected chi connectivity index (χ2v) is 6.31. The van der Waals surface area contributed by atoms with Crippen LogP contribution < -0.4 is 10.0 Å². The van der Waals surface area contributed by atoms with Gasteiger partial charge in [-0.15, -0.1) is 0 Å². The Kier molecular flexibility index (Phi) is 4.08. The zero-order chi connectivity index (χ0) is 15.0. The molecule has 0 aliphatic carbocycles. The van der Waals surface area contributed by atoms with Gasteiger partial charge in [-0.3, -0.25) is 4.72 Å². The fourth-order valence-corrected chi connectivity index (χ4v) is 3.23. The summed E-state index contributed by atoms with van der Waals surface area (Å²) < 4.78 is 3.01. The molecule has 0 saturated heterocycles. The number of phenols is 1. The Morgan fingerprint density at radius 3 is 2.67 bits per heavy atom. The molecule has 0 bridgehead atoms. The molecular formula is C13H8Cl3N3OS. The van der Waals surface area contributed by atoms with Crippen LogP contribution in [0.15, 0.2) is 40.2 Å². The van der Waals surface area contributed by atoms with Crippen molar-refractivity contribution in [3.05, 3.63) is 45.4 Å². The van der Waals surface area contributed by atoms with Crippen molar-refractivity contribution in [2.24, 2.45) is 4.99 Å². The normalized spacial score (nSPS) is 13.2. The van der Waals surface area contributed by atoms with Crippen molar-refractivity contribution in [2.45, 2.75) is 4.90 Å². The van der Waals surface area contributed by atoms with E-state index in [2.05, 4.69) is 15.0 Å². The van der Waals surface area contributed by atoms with Crippen molar-refractivity contribution in [1.29, 1.82) is 0 Å².